The van der Waals surface area contributed by atoms with Crippen LogP contribution in [0.1, 0.15) is 53.4 Å². The minimum atomic E-state index is 0. The van der Waals surface area contributed by atoms with Gasteiger partial charge in [-0.25, -0.2) is 0 Å². The molecule has 0 unspecified atom stereocenters. The van der Waals surface area contributed by atoms with Crippen molar-refractivity contribution in [2.45, 2.75) is 65.5 Å². The summed E-state index contributed by atoms with van der Waals surface area (Å²) >= 11 is 12.8. The summed E-state index contributed by atoms with van der Waals surface area (Å²) in [6.45, 7) is 18.0. The summed E-state index contributed by atoms with van der Waals surface area (Å²) in [7, 11) is 0. The van der Waals surface area contributed by atoms with Crippen molar-refractivity contribution in [3.63, 3.8) is 0 Å². The number of hydrogen-bond acceptors (Lipinski definition) is 4. The zero-order chi connectivity index (χ0) is 47.0. The van der Waals surface area contributed by atoms with Gasteiger partial charge in [-0.1, -0.05) is 172 Å². The molecule has 0 bridgehead atoms. The standard InChI is InChI=1S/2C31H33ClN2.2ClH/c2*1-3-33(4-2)29-16-18-34(19-17-29)31-22-26(20-27-21-28(32)14-15-30(27)31)25-12-10-24(11-13-25)23-8-6-5-7-9-23;;/h2*5-15,20-22,29H,3-4,16-19H2,1-2H3;2*1H. The summed E-state index contributed by atoms with van der Waals surface area (Å²) in [5.41, 5.74) is 12.6. The summed E-state index contributed by atoms with van der Waals surface area (Å²) < 4.78 is 0. The Labute approximate surface area is 440 Å². The molecular formula is C62H68Cl4N4. The van der Waals surface area contributed by atoms with Crippen molar-refractivity contribution < 1.29 is 0 Å². The van der Waals surface area contributed by atoms with Gasteiger partial charge in [0.2, 0.25) is 0 Å². The summed E-state index contributed by atoms with van der Waals surface area (Å²) in [5.74, 6) is 0. The SMILES string of the molecule is CCN(CC)C1CCN(c2cc(-c3ccc(-c4ccccc4)cc3)cc3cc(Cl)ccc23)CC1.CCN(CC)C1CCN(c2cc(-c3ccc(-c4ccccc4)cc3)cc3cc(Cl)ccc23)CC1.Cl.Cl. The van der Waals surface area contributed by atoms with E-state index in [1.807, 2.05) is 12.1 Å². The fourth-order valence-corrected chi connectivity index (χ4v) is 11.3. The van der Waals surface area contributed by atoms with E-state index in [-0.39, 0.29) is 24.8 Å². The van der Waals surface area contributed by atoms with Crippen LogP contribution in [-0.4, -0.2) is 74.2 Å². The van der Waals surface area contributed by atoms with Crippen LogP contribution in [0, 0.1) is 0 Å². The Hall–Kier alpha value is -5.04. The zero-order valence-corrected chi connectivity index (χ0v) is 44.3. The molecule has 0 spiro atoms. The number of rotatable bonds is 12. The fourth-order valence-electron chi connectivity index (χ4n) is 10.9. The molecule has 10 rings (SSSR count). The van der Waals surface area contributed by atoms with Crippen LogP contribution in [0.5, 0.6) is 0 Å². The van der Waals surface area contributed by atoms with Gasteiger partial charge in [-0.15, -0.1) is 24.8 Å². The van der Waals surface area contributed by atoms with Crippen LogP contribution in [0.3, 0.4) is 0 Å². The minimum Gasteiger partial charge on any atom is -0.371 e. The van der Waals surface area contributed by atoms with Crippen molar-refractivity contribution in [2.75, 3.05) is 62.2 Å². The van der Waals surface area contributed by atoms with Gasteiger partial charge in [0, 0.05) is 70.5 Å². The van der Waals surface area contributed by atoms with Gasteiger partial charge in [-0.2, -0.15) is 0 Å². The lowest BCUT2D eigenvalue weighted by atomic mass is 9.95. The number of anilines is 2. The second-order valence-corrected chi connectivity index (χ2v) is 19.4. The Balaban J connectivity index is 0.000000201. The highest BCUT2D eigenvalue weighted by Crippen LogP contribution is 2.39. The van der Waals surface area contributed by atoms with Crippen LogP contribution < -0.4 is 9.80 Å². The highest BCUT2D eigenvalue weighted by Gasteiger charge is 2.26. The average Bonchev–Trinajstić information content (AvgIpc) is 3.40. The molecule has 8 heteroatoms. The lowest BCUT2D eigenvalue weighted by Crippen LogP contribution is -2.44. The molecule has 2 fully saturated rings. The smallest absolute Gasteiger partial charge is 0.0452 e. The van der Waals surface area contributed by atoms with Gasteiger partial charge < -0.3 is 19.6 Å². The van der Waals surface area contributed by atoms with Gasteiger partial charge in [0.05, 0.1) is 0 Å². The molecule has 0 aromatic heterocycles. The maximum Gasteiger partial charge on any atom is 0.0452 e. The Morgan fingerprint density at radius 2 is 0.671 bits per heavy atom. The van der Waals surface area contributed by atoms with E-state index < -0.39 is 0 Å². The largest absolute Gasteiger partial charge is 0.371 e. The number of piperidine rings is 2. The molecule has 70 heavy (non-hydrogen) atoms. The Bertz CT molecular complexity index is 2690. The van der Waals surface area contributed by atoms with E-state index in [0.717, 1.165) is 62.4 Å². The molecule has 2 heterocycles. The van der Waals surface area contributed by atoms with E-state index in [4.69, 9.17) is 23.2 Å². The lowest BCUT2D eigenvalue weighted by molar-refractivity contribution is 0.186. The summed E-state index contributed by atoms with van der Waals surface area (Å²) in [5, 5.41) is 6.56. The number of hydrogen-bond donors (Lipinski definition) is 0. The van der Waals surface area contributed by atoms with Gasteiger partial charge in [0.1, 0.15) is 0 Å². The van der Waals surface area contributed by atoms with E-state index in [9.17, 15) is 0 Å². The first-order valence-corrected chi connectivity index (χ1v) is 25.8. The first kappa shape index (κ1) is 52.8. The van der Waals surface area contributed by atoms with E-state index in [1.54, 1.807) is 0 Å². The van der Waals surface area contributed by atoms with Crippen molar-refractivity contribution >= 4 is 80.9 Å². The second kappa shape index (κ2) is 24.9. The van der Waals surface area contributed by atoms with Gasteiger partial charge in [-0.05, 0) is 156 Å². The van der Waals surface area contributed by atoms with Gasteiger partial charge >= 0.3 is 0 Å². The van der Waals surface area contributed by atoms with Crippen LogP contribution in [0.4, 0.5) is 11.4 Å². The molecule has 0 atom stereocenters. The molecule has 2 aliphatic rings. The molecular weight excluding hydrogens is 943 g/mol. The number of benzene rings is 8. The van der Waals surface area contributed by atoms with Crippen molar-refractivity contribution in [1.29, 1.82) is 0 Å². The molecule has 0 saturated carbocycles. The third kappa shape index (κ3) is 12.2. The second-order valence-electron chi connectivity index (χ2n) is 18.5. The first-order valence-electron chi connectivity index (χ1n) is 25.1. The fraction of sp³-hybridized carbons (Fsp3) is 0.290. The van der Waals surface area contributed by atoms with Crippen LogP contribution >= 0.6 is 48.0 Å². The van der Waals surface area contributed by atoms with E-state index in [2.05, 4.69) is 205 Å². The molecule has 0 aliphatic carbocycles. The third-order valence-corrected chi connectivity index (χ3v) is 15.2. The van der Waals surface area contributed by atoms with Crippen LogP contribution in [0.15, 0.2) is 170 Å². The Morgan fingerprint density at radius 3 is 0.986 bits per heavy atom. The van der Waals surface area contributed by atoms with Crippen LogP contribution in [0.2, 0.25) is 10.0 Å². The highest BCUT2D eigenvalue weighted by molar-refractivity contribution is 6.32. The summed E-state index contributed by atoms with van der Waals surface area (Å²) in [6, 6.07) is 62.3. The topological polar surface area (TPSA) is 13.0 Å². The lowest BCUT2D eigenvalue weighted by Gasteiger charge is -2.39. The molecule has 8 aromatic rings. The van der Waals surface area contributed by atoms with E-state index in [0.29, 0.717) is 12.1 Å². The number of fused-ring (bicyclic) bond motifs is 2. The number of nitrogens with zero attached hydrogens (tertiary/aromatic N) is 4. The monoisotopic (exact) mass is 1010 g/mol. The Kier molecular flexibility index (Phi) is 18.8. The normalized spacial score (nSPS) is 14.3. The van der Waals surface area contributed by atoms with Crippen molar-refractivity contribution in [3.05, 3.63) is 180 Å². The molecule has 2 aliphatic heterocycles. The van der Waals surface area contributed by atoms with Crippen molar-refractivity contribution in [2.24, 2.45) is 0 Å². The average molecular weight is 1010 g/mol. The third-order valence-electron chi connectivity index (χ3n) is 14.7. The van der Waals surface area contributed by atoms with E-state index in [1.165, 1.54) is 103 Å². The van der Waals surface area contributed by atoms with Crippen molar-refractivity contribution in [1.82, 2.24) is 9.80 Å². The first-order chi connectivity index (χ1) is 33.3. The molecule has 2 saturated heterocycles. The predicted molar refractivity (Wildman–Crippen MR) is 310 cm³/mol. The van der Waals surface area contributed by atoms with Crippen LogP contribution in [0.25, 0.3) is 66.1 Å². The quantitative estimate of drug-likeness (QED) is 0.121. The zero-order valence-electron chi connectivity index (χ0n) is 41.2. The van der Waals surface area contributed by atoms with Gasteiger partial charge in [0.25, 0.3) is 0 Å². The molecule has 0 N–H and O–H groups in total. The summed E-state index contributed by atoms with van der Waals surface area (Å²) in [6.07, 6.45) is 4.86. The molecule has 4 nitrogen and oxygen atoms in total. The van der Waals surface area contributed by atoms with Crippen LogP contribution in [-0.2, 0) is 0 Å². The summed E-state index contributed by atoms with van der Waals surface area (Å²) in [4.78, 5) is 10.4. The molecule has 8 aromatic carbocycles. The van der Waals surface area contributed by atoms with Gasteiger partial charge in [-0.3, -0.25) is 0 Å². The number of halogens is 4. The highest BCUT2D eigenvalue weighted by atomic mass is 35.5. The van der Waals surface area contributed by atoms with Gasteiger partial charge in [0.15, 0.2) is 0 Å². The minimum absolute atomic E-state index is 0. The molecule has 364 valence electrons. The molecule has 0 radical (unpaired) electrons. The molecule has 0 amide bonds. The maximum absolute atomic E-state index is 6.41. The van der Waals surface area contributed by atoms with E-state index >= 15 is 0 Å². The van der Waals surface area contributed by atoms with Crippen molar-refractivity contribution in [3.8, 4) is 44.5 Å². The predicted octanol–water partition coefficient (Wildman–Crippen LogP) is 17.1. The maximum atomic E-state index is 6.41. The Morgan fingerprint density at radius 1 is 0.371 bits per heavy atom.